The van der Waals surface area contributed by atoms with E-state index in [4.69, 9.17) is 5.26 Å². The molecule has 2 aromatic rings. The van der Waals surface area contributed by atoms with Gasteiger partial charge in [-0.25, -0.2) is 17.6 Å². The molecule has 0 spiro atoms. The Morgan fingerprint density at radius 3 is 2.15 bits per heavy atom. The third kappa shape index (κ3) is 5.70. The smallest absolute Gasteiger partial charge is 0.426 e. The second-order valence-corrected chi connectivity index (χ2v) is 8.16. The van der Waals surface area contributed by atoms with Gasteiger partial charge in [0.25, 0.3) is 0 Å². The van der Waals surface area contributed by atoms with E-state index >= 15 is 0 Å². The SMILES string of the molecule is C/C=C\CCC1CC(F)C(c2ccc(C(F)(F)Oc3cc(F)c(C#N)c(F)c3)cc2)C(F)C1. The molecule has 3 rings (SSSR count). The lowest BCUT2D eigenvalue weighted by molar-refractivity contribution is -0.185. The van der Waals surface area contributed by atoms with Crippen molar-refractivity contribution in [2.75, 3.05) is 0 Å². The number of ether oxygens (including phenoxy) is 1. The van der Waals surface area contributed by atoms with E-state index in [9.17, 15) is 26.3 Å². The average molecular weight is 467 g/mol. The molecule has 0 aliphatic heterocycles. The van der Waals surface area contributed by atoms with E-state index in [1.54, 1.807) is 0 Å². The van der Waals surface area contributed by atoms with Crippen LogP contribution >= 0.6 is 0 Å². The molecule has 176 valence electrons. The van der Waals surface area contributed by atoms with Crippen molar-refractivity contribution >= 4 is 0 Å². The van der Waals surface area contributed by atoms with Crippen LogP contribution in [0.2, 0.25) is 0 Å². The van der Waals surface area contributed by atoms with Gasteiger partial charge in [0.05, 0.1) is 5.56 Å². The fraction of sp³-hybridized carbons (Fsp3) is 0.400. The minimum Gasteiger partial charge on any atom is -0.429 e. The van der Waals surface area contributed by atoms with Crippen LogP contribution in [-0.4, -0.2) is 12.3 Å². The minimum atomic E-state index is -3.97. The molecular weight excluding hydrogens is 444 g/mol. The number of halogens is 6. The second-order valence-electron chi connectivity index (χ2n) is 8.16. The number of allylic oxidation sites excluding steroid dienone is 2. The van der Waals surface area contributed by atoms with Crippen LogP contribution < -0.4 is 4.74 Å². The van der Waals surface area contributed by atoms with E-state index in [2.05, 4.69) is 4.74 Å². The first-order valence-electron chi connectivity index (χ1n) is 10.6. The van der Waals surface area contributed by atoms with Crippen LogP contribution in [0, 0.1) is 28.9 Å². The van der Waals surface area contributed by atoms with Crippen LogP contribution in [0.25, 0.3) is 0 Å². The molecule has 2 atom stereocenters. The Hall–Kier alpha value is -2.95. The Kier molecular flexibility index (Phi) is 7.72. The molecule has 2 aromatic carbocycles. The Bertz CT molecular complexity index is 995. The van der Waals surface area contributed by atoms with Gasteiger partial charge < -0.3 is 4.74 Å². The Morgan fingerprint density at radius 2 is 1.64 bits per heavy atom. The van der Waals surface area contributed by atoms with Crippen LogP contribution in [0.5, 0.6) is 5.75 Å². The van der Waals surface area contributed by atoms with Gasteiger partial charge in [-0.15, -0.1) is 0 Å². The van der Waals surface area contributed by atoms with Gasteiger partial charge in [0.2, 0.25) is 0 Å². The largest absolute Gasteiger partial charge is 0.429 e. The zero-order chi connectivity index (χ0) is 24.2. The molecule has 0 aromatic heterocycles. The van der Waals surface area contributed by atoms with Gasteiger partial charge in [0.1, 0.15) is 41.4 Å². The van der Waals surface area contributed by atoms with Crippen molar-refractivity contribution < 1.29 is 31.1 Å². The van der Waals surface area contributed by atoms with E-state index in [0.29, 0.717) is 18.6 Å². The standard InChI is InChI=1S/C25H23F6NO/c1-2-3-4-5-15-10-22(28)24(23(29)11-15)16-6-8-17(9-7-16)25(30,31)33-18-12-20(26)19(14-32)21(27)13-18/h2-3,6-9,12-13,15,22-24H,4-5,10-11H2,1H3/b3-2-. The fourth-order valence-electron chi connectivity index (χ4n) is 4.23. The molecule has 2 unspecified atom stereocenters. The third-order valence-electron chi connectivity index (χ3n) is 5.88. The normalized spacial score (nSPS) is 23.5. The topological polar surface area (TPSA) is 33.0 Å². The van der Waals surface area contributed by atoms with E-state index in [1.165, 1.54) is 18.2 Å². The Balaban J connectivity index is 1.72. The van der Waals surface area contributed by atoms with Crippen LogP contribution in [0.1, 0.15) is 55.2 Å². The third-order valence-corrected chi connectivity index (χ3v) is 5.88. The van der Waals surface area contributed by atoms with Crippen molar-refractivity contribution in [3.63, 3.8) is 0 Å². The van der Waals surface area contributed by atoms with Crippen LogP contribution in [0.15, 0.2) is 48.6 Å². The molecule has 1 aliphatic rings. The molecule has 0 N–H and O–H groups in total. The summed E-state index contributed by atoms with van der Waals surface area (Å²) in [7, 11) is 0. The van der Waals surface area contributed by atoms with Gasteiger partial charge in [-0.2, -0.15) is 14.0 Å². The molecule has 0 bridgehead atoms. The maximum Gasteiger partial charge on any atom is 0.426 e. The molecule has 2 nitrogen and oxygen atoms in total. The number of hydrogen-bond donors (Lipinski definition) is 0. The predicted molar refractivity (Wildman–Crippen MR) is 111 cm³/mol. The van der Waals surface area contributed by atoms with Gasteiger partial charge in [0.15, 0.2) is 0 Å². The number of nitriles is 1. The minimum absolute atomic E-state index is 0.0762. The summed E-state index contributed by atoms with van der Waals surface area (Å²) >= 11 is 0. The van der Waals surface area contributed by atoms with Crippen LogP contribution in [-0.2, 0) is 6.11 Å². The van der Waals surface area contributed by atoms with Crippen molar-refractivity contribution in [3.05, 3.63) is 76.9 Å². The molecular formula is C25H23F6NO. The Morgan fingerprint density at radius 1 is 1.06 bits per heavy atom. The van der Waals surface area contributed by atoms with Crippen molar-refractivity contribution in [2.45, 2.75) is 57.0 Å². The lowest BCUT2D eigenvalue weighted by Crippen LogP contribution is -2.34. The number of benzene rings is 2. The van der Waals surface area contributed by atoms with Crippen LogP contribution in [0.4, 0.5) is 26.3 Å². The predicted octanol–water partition coefficient (Wildman–Crippen LogP) is 7.49. The quantitative estimate of drug-likeness (QED) is 0.312. The molecule has 0 heterocycles. The summed E-state index contributed by atoms with van der Waals surface area (Å²) < 4.78 is 90.4. The molecule has 0 amide bonds. The molecule has 0 saturated heterocycles. The van der Waals surface area contributed by atoms with Gasteiger partial charge in [-0.05, 0) is 56.2 Å². The van der Waals surface area contributed by atoms with E-state index < -0.39 is 52.9 Å². The summed E-state index contributed by atoms with van der Waals surface area (Å²) in [5.41, 5.74) is -1.30. The molecule has 8 heteroatoms. The highest BCUT2D eigenvalue weighted by Gasteiger charge is 2.40. The van der Waals surface area contributed by atoms with Crippen molar-refractivity contribution in [1.82, 2.24) is 0 Å². The maximum absolute atomic E-state index is 14.8. The van der Waals surface area contributed by atoms with Gasteiger partial charge in [-0.1, -0.05) is 24.3 Å². The summed E-state index contributed by atoms with van der Waals surface area (Å²) in [6.45, 7) is 1.88. The van der Waals surface area contributed by atoms with E-state index in [0.717, 1.165) is 18.6 Å². The molecule has 33 heavy (non-hydrogen) atoms. The summed E-state index contributed by atoms with van der Waals surface area (Å²) in [6, 6.07) is 6.65. The zero-order valence-corrected chi connectivity index (χ0v) is 17.9. The first kappa shape index (κ1) is 24.7. The first-order chi connectivity index (χ1) is 15.7. The number of nitrogens with zero attached hydrogens (tertiary/aromatic N) is 1. The summed E-state index contributed by atoms with van der Waals surface area (Å²) in [4.78, 5) is 0. The fourth-order valence-corrected chi connectivity index (χ4v) is 4.23. The highest BCUT2D eigenvalue weighted by atomic mass is 19.3. The number of rotatable bonds is 7. The monoisotopic (exact) mass is 467 g/mol. The van der Waals surface area contributed by atoms with E-state index in [1.807, 2.05) is 19.1 Å². The summed E-state index contributed by atoms with van der Waals surface area (Å²) in [5, 5.41) is 8.66. The van der Waals surface area contributed by atoms with Gasteiger partial charge in [0, 0.05) is 18.1 Å². The molecule has 1 aliphatic carbocycles. The molecule has 1 saturated carbocycles. The molecule has 0 radical (unpaired) electrons. The maximum atomic E-state index is 14.8. The lowest BCUT2D eigenvalue weighted by atomic mass is 9.74. The van der Waals surface area contributed by atoms with Crippen molar-refractivity contribution in [3.8, 4) is 11.8 Å². The highest BCUT2D eigenvalue weighted by Crippen LogP contribution is 2.42. The van der Waals surface area contributed by atoms with Gasteiger partial charge >= 0.3 is 6.11 Å². The average Bonchev–Trinajstić information content (AvgIpc) is 2.73. The lowest BCUT2D eigenvalue weighted by Gasteiger charge is -2.35. The summed E-state index contributed by atoms with van der Waals surface area (Å²) in [5.74, 6) is -4.59. The number of alkyl halides is 4. The summed E-state index contributed by atoms with van der Waals surface area (Å²) in [6.07, 6.45) is -1.14. The Labute approximate surface area is 188 Å². The number of hydrogen-bond acceptors (Lipinski definition) is 2. The van der Waals surface area contributed by atoms with E-state index in [-0.39, 0.29) is 24.3 Å². The first-order valence-corrected chi connectivity index (χ1v) is 10.6. The van der Waals surface area contributed by atoms with Gasteiger partial charge in [-0.3, -0.25) is 0 Å². The van der Waals surface area contributed by atoms with Crippen molar-refractivity contribution in [2.24, 2.45) is 5.92 Å². The van der Waals surface area contributed by atoms with Crippen molar-refractivity contribution in [1.29, 1.82) is 5.26 Å². The molecule has 1 fully saturated rings. The van der Waals surface area contributed by atoms with Crippen LogP contribution in [0.3, 0.4) is 0 Å². The highest BCUT2D eigenvalue weighted by molar-refractivity contribution is 5.38. The zero-order valence-electron chi connectivity index (χ0n) is 17.9. The second kappa shape index (κ2) is 10.3.